The van der Waals surface area contributed by atoms with E-state index in [-0.39, 0.29) is 10.6 Å². The van der Waals surface area contributed by atoms with Gasteiger partial charge in [0.1, 0.15) is 17.2 Å². The zero-order valence-corrected chi connectivity index (χ0v) is 13.3. The predicted octanol–water partition coefficient (Wildman–Crippen LogP) is 0.859. The van der Waals surface area contributed by atoms with Crippen LogP contribution in [-0.4, -0.2) is 45.9 Å². The highest BCUT2D eigenvalue weighted by Crippen LogP contribution is 2.23. The van der Waals surface area contributed by atoms with Gasteiger partial charge in [-0.05, 0) is 6.92 Å². The molecule has 0 N–H and O–H groups in total. The first-order valence-corrected chi connectivity index (χ1v) is 7.44. The topological polar surface area (TPSA) is 67.2 Å². The van der Waals surface area contributed by atoms with E-state index in [1.54, 1.807) is 19.6 Å². The second kappa shape index (κ2) is 5.92. The molecule has 7 nitrogen and oxygen atoms in total. The van der Waals surface area contributed by atoms with E-state index in [0.717, 1.165) is 37.7 Å². The highest BCUT2D eigenvalue weighted by Gasteiger charge is 2.21. The third-order valence-corrected chi connectivity index (χ3v) is 4.15. The van der Waals surface area contributed by atoms with Crippen LogP contribution in [0.1, 0.15) is 5.69 Å². The third kappa shape index (κ3) is 2.76. The van der Waals surface area contributed by atoms with Crippen molar-refractivity contribution >= 4 is 23.1 Å². The van der Waals surface area contributed by atoms with Crippen LogP contribution in [0.15, 0.2) is 23.4 Å². The van der Waals surface area contributed by atoms with Gasteiger partial charge in [-0.3, -0.25) is 4.79 Å². The van der Waals surface area contributed by atoms with Gasteiger partial charge in [-0.2, -0.15) is 5.10 Å². The van der Waals surface area contributed by atoms with Crippen molar-refractivity contribution in [3.63, 3.8) is 0 Å². The molecule has 0 atom stereocenters. The van der Waals surface area contributed by atoms with Gasteiger partial charge in [0.05, 0.1) is 11.9 Å². The molecule has 0 aromatic carbocycles. The fourth-order valence-corrected chi connectivity index (χ4v) is 2.80. The summed E-state index contributed by atoms with van der Waals surface area (Å²) in [5.74, 6) is 0.931. The molecule has 1 aliphatic heterocycles. The molecule has 2 aromatic heterocycles. The average molecular weight is 321 g/mol. The van der Waals surface area contributed by atoms with Crippen LogP contribution in [0.4, 0.5) is 11.5 Å². The van der Waals surface area contributed by atoms with Crippen molar-refractivity contribution in [3.05, 3.63) is 39.7 Å². The molecule has 1 fully saturated rings. The standard InChI is InChI=1S/C14H17ClN6O/c1-10-7-12(17-9-16-10)21-5-3-20(4-6-21)11-8-18-19(2)14(22)13(11)15/h7-9H,3-6H2,1-2H3. The maximum Gasteiger partial charge on any atom is 0.287 e. The highest BCUT2D eigenvalue weighted by atomic mass is 35.5. The van der Waals surface area contributed by atoms with Crippen molar-refractivity contribution in [1.82, 2.24) is 19.7 Å². The van der Waals surface area contributed by atoms with Gasteiger partial charge in [0, 0.05) is 45.0 Å². The Balaban J connectivity index is 1.75. The Morgan fingerprint density at radius 1 is 1.14 bits per heavy atom. The van der Waals surface area contributed by atoms with Crippen LogP contribution in [0.25, 0.3) is 0 Å². The number of hydrogen-bond acceptors (Lipinski definition) is 6. The molecule has 116 valence electrons. The summed E-state index contributed by atoms with van der Waals surface area (Å²) in [5.41, 5.74) is 1.38. The molecular weight excluding hydrogens is 304 g/mol. The van der Waals surface area contributed by atoms with Crippen molar-refractivity contribution in [2.75, 3.05) is 36.0 Å². The van der Waals surface area contributed by atoms with E-state index in [0.29, 0.717) is 5.69 Å². The first-order valence-electron chi connectivity index (χ1n) is 7.06. The molecule has 22 heavy (non-hydrogen) atoms. The molecule has 3 heterocycles. The minimum atomic E-state index is -0.270. The van der Waals surface area contributed by atoms with Crippen molar-refractivity contribution in [1.29, 1.82) is 0 Å². The predicted molar refractivity (Wildman–Crippen MR) is 85.7 cm³/mol. The molecule has 0 aliphatic carbocycles. The first kappa shape index (κ1) is 14.8. The van der Waals surface area contributed by atoms with E-state index in [1.165, 1.54) is 4.68 Å². The Morgan fingerprint density at radius 2 is 1.82 bits per heavy atom. The van der Waals surface area contributed by atoms with Gasteiger partial charge < -0.3 is 9.80 Å². The summed E-state index contributed by atoms with van der Waals surface area (Å²) in [6.07, 6.45) is 3.23. The molecule has 8 heteroatoms. The molecule has 0 amide bonds. The lowest BCUT2D eigenvalue weighted by molar-refractivity contribution is 0.637. The van der Waals surface area contributed by atoms with Crippen LogP contribution in [0, 0.1) is 6.92 Å². The molecular formula is C14H17ClN6O. The van der Waals surface area contributed by atoms with Crippen molar-refractivity contribution in [2.45, 2.75) is 6.92 Å². The summed E-state index contributed by atoms with van der Waals surface area (Å²) in [7, 11) is 1.59. The second-order valence-corrected chi connectivity index (χ2v) is 5.64. The normalized spacial score (nSPS) is 15.2. The fourth-order valence-electron chi connectivity index (χ4n) is 2.51. The van der Waals surface area contributed by atoms with Crippen LogP contribution in [0.2, 0.25) is 5.02 Å². The van der Waals surface area contributed by atoms with E-state index in [4.69, 9.17) is 11.6 Å². The summed E-state index contributed by atoms with van der Waals surface area (Å²) < 4.78 is 1.24. The Labute approximate surface area is 133 Å². The average Bonchev–Trinajstić information content (AvgIpc) is 2.53. The van der Waals surface area contributed by atoms with Gasteiger partial charge in [0.25, 0.3) is 5.56 Å². The molecule has 0 unspecified atom stereocenters. The Hall–Kier alpha value is -2.15. The van der Waals surface area contributed by atoms with E-state index in [9.17, 15) is 4.79 Å². The SMILES string of the molecule is Cc1cc(N2CCN(c3cnn(C)c(=O)c3Cl)CC2)ncn1. The Bertz CT molecular complexity index is 738. The largest absolute Gasteiger partial charge is 0.365 e. The molecule has 2 aromatic rings. The fraction of sp³-hybridized carbons (Fsp3) is 0.429. The van der Waals surface area contributed by atoms with Crippen LogP contribution in [0.5, 0.6) is 0 Å². The zero-order chi connectivity index (χ0) is 15.7. The van der Waals surface area contributed by atoms with Crippen LogP contribution in [0.3, 0.4) is 0 Å². The monoisotopic (exact) mass is 320 g/mol. The van der Waals surface area contributed by atoms with Gasteiger partial charge in [-0.1, -0.05) is 11.6 Å². The lowest BCUT2D eigenvalue weighted by atomic mass is 10.2. The second-order valence-electron chi connectivity index (χ2n) is 5.26. The number of piperazine rings is 1. The third-order valence-electron chi connectivity index (χ3n) is 3.79. The van der Waals surface area contributed by atoms with Crippen LogP contribution < -0.4 is 15.4 Å². The quantitative estimate of drug-likeness (QED) is 0.817. The van der Waals surface area contributed by atoms with Gasteiger partial charge in [0.15, 0.2) is 0 Å². The molecule has 3 rings (SSSR count). The van der Waals surface area contributed by atoms with E-state index in [2.05, 4.69) is 24.9 Å². The van der Waals surface area contributed by atoms with Gasteiger partial charge >= 0.3 is 0 Å². The highest BCUT2D eigenvalue weighted by molar-refractivity contribution is 6.33. The first-order chi connectivity index (χ1) is 10.6. The lowest BCUT2D eigenvalue weighted by Gasteiger charge is -2.36. The molecule has 0 radical (unpaired) electrons. The number of halogens is 1. The van der Waals surface area contributed by atoms with Crippen molar-refractivity contribution < 1.29 is 0 Å². The number of hydrogen-bond donors (Lipinski definition) is 0. The van der Waals surface area contributed by atoms with Gasteiger partial charge in [-0.25, -0.2) is 14.6 Å². The summed E-state index contributed by atoms with van der Waals surface area (Å²) in [6.45, 7) is 5.09. The lowest BCUT2D eigenvalue weighted by Crippen LogP contribution is -2.47. The number of aryl methyl sites for hydroxylation is 2. The van der Waals surface area contributed by atoms with E-state index < -0.39 is 0 Å². The molecule has 0 spiro atoms. The molecule has 0 saturated carbocycles. The summed E-state index contributed by atoms with van der Waals surface area (Å²) in [5, 5.41) is 4.27. The maximum absolute atomic E-state index is 11.9. The molecule has 1 saturated heterocycles. The van der Waals surface area contributed by atoms with Gasteiger partial charge in [0.2, 0.25) is 0 Å². The molecule has 0 bridgehead atoms. The molecule has 1 aliphatic rings. The number of anilines is 2. The Kier molecular flexibility index (Phi) is 3.98. The summed E-state index contributed by atoms with van der Waals surface area (Å²) in [4.78, 5) is 24.6. The summed E-state index contributed by atoms with van der Waals surface area (Å²) >= 11 is 6.16. The number of rotatable bonds is 2. The minimum absolute atomic E-state index is 0.226. The maximum atomic E-state index is 11.9. The van der Waals surface area contributed by atoms with Crippen LogP contribution in [-0.2, 0) is 7.05 Å². The van der Waals surface area contributed by atoms with Crippen molar-refractivity contribution in [3.8, 4) is 0 Å². The zero-order valence-electron chi connectivity index (χ0n) is 12.5. The minimum Gasteiger partial charge on any atom is -0.365 e. The summed E-state index contributed by atoms with van der Waals surface area (Å²) in [6, 6.07) is 1.97. The van der Waals surface area contributed by atoms with Crippen LogP contribution >= 0.6 is 11.6 Å². The number of nitrogens with zero attached hydrogens (tertiary/aromatic N) is 6. The number of aromatic nitrogens is 4. The van der Waals surface area contributed by atoms with E-state index >= 15 is 0 Å². The smallest absolute Gasteiger partial charge is 0.287 e. The van der Waals surface area contributed by atoms with Crippen molar-refractivity contribution in [2.24, 2.45) is 7.05 Å². The van der Waals surface area contributed by atoms with Gasteiger partial charge in [-0.15, -0.1) is 0 Å². The van der Waals surface area contributed by atoms with E-state index in [1.807, 2.05) is 13.0 Å². The Morgan fingerprint density at radius 3 is 2.50 bits per heavy atom.